The Morgan fingerprint density at radius 1 is 1.22 bits per heavy atom. The van der Waals surface area contributed by atoms with Crippen LogP contribution in [-0.4, -0.2) is 70.9 Å². The number of ether oxygens (including phenoxy) is 2. The molecule has 23 heavy (non-hydrogen) atoms. The molecule has 2 rings (SSSR count). The van der Waals surface area contributed by atoms with Gasteiger partial charge in [0.2, 0.25) is 5.91 Å². The Balaban J connectivity index is 1.92. The molecular formula is C16H28N2O4S. The third kappa shape index (κ3) is 5.01. The van der Waals surface area contributed by atoms with E-state index in [-0.39, 0.29) is 12.0 Å². The molecule has 2 heterocycles. The van der Waals surface area contributed by atoms with E-state index in [4.69, 9.17) is 9.47 Å². The van der Waals surface area contributed by atoms with Gasteiger partial charge in [0.15, 0.2) is 0 Å². The first-order chi connectivity index (χ1) is 10.8. The molecule has 2 saturated heterocycles. The Labute approximate surface area is 142 Å². The van der Waals surface area contributed by atoms with Crippen molar-refractivity contribution < 1.29 is 19.1 Å². The lowest BCUT2D eigenvalue weighted by Crippen LogP contribution is -2.52. The number of piperidine rings is 1. The minimum absolute atomic E-state index is 0.0378. The molecular weight excluding hydrogens is 316 g/mol. The van der Waals surface area contributed by atoms with Crippen molar-refractivity contribution in [3.05, 3.63) is 0 Å². The summed E-state index contributed by atoms with van der Waals surface area (Å²) in [5.74, 6) is 1.19. The van der Waals surface area contributed by atoms with E-state index in [9.17, 15) is 9.59 Å². The van der Waals surface area contributed by atoms with Crippen LogP contribution >= 0.6 is 11.8 Å². The van der Waals surface area contributed by atoms with Gasteiger partial charge in [-0.25, -0.2) is 4.79 Å². The highest BCUT2D eigenvalue weighted by molar-refractivity contribution is 7.99. The van der Waals surface area contributed by atoms with E-state index in [0.29, 0.717) is 31.3 Å². The van der Waals surface area contributed by atoms with Gasteiger partial charge in [0.05, 0.1) is 12.0 Å². The zero-order valence-corrected chi connectivity index (χ0v) is 15.4. The van der Waals surface area contributed by atoms with Gasteiger partial charge < -0.3 is 14.4 Å². The molecule has 2 amide bonds. The first-order valence-electron chi connectivity index (χ1n) is 8.29. The van der Waals surface area contributed by atoms with Crippen LogP contribution in [0.25, 0.3) is 0 Å². The van der Waals surface area contributed by atoms with Crippen molar-refractivity contribution in [2.75, 3.05) is 31.3 Å². The van der Waals surface area contributed by atoms with Gasteiger partial charge in [0.25, 0.3) is 0 Å². The summed E-state index contributed by atoms with van der Waals surface area (Å²) >= 11 is 1.60. The lowest BCUT2D eigenvalue weighted by molar-refractivity contribution is -0.138. The van der Waals surface area contributed by atoms with Crippen molar-refractivity contribution in [3.63, 3.8) is 0 Å². The molecule has 0 saturated carbocycles. The first kappa shape index (κ1) is 18.4. The Bertz CT molecular complexity index is 430. The van der Waals surface area contributed by atoms with Crippen molar-refractivity contribution in [1.29, 1.82) is 0 Å². The largest absolute Gasteiger partial charge is 0.444 e. The van der Waals surface area contributed by atoms with Crippen LogP contribution in [0.5, 0.6) is 0 Å². The molecule has 2 aliphatic rings. The lowest BCUT2D eigenvalue weighted by Gasteiger charge is -2.35. The van der Waals surface area contributed by atoms with Gasteiger partial charge in [0, 0.05) is 25.4 Å². The molecule has 0 aromatic carbocycles. The molecule has 6 nitrogen and oxygen atoms in total. The quantitative estimate of drug-likeness (QED) is 0.786. The SMILES string of the molecule is CCOC1CCN(C(=O)[C@@H]2CSCN2C(=O)OC(C)(C)C)CC1. The minimum atomic E-state index is -0.548. The number of rotatable bonds is 3. The van der Waals surface area contributed by atoms with Crippen LogP contribution < -0.4 is 0 Å². The monoisotopic (exact) mass is 344 g/mol. The van der Waals surface area contributed by atoms with E-state index in [0.717, 1.165) is 12.8 Å². The smallest absolute Gasteiger partial charge is 0.411 e. The van der Waals surface area contributed by atoms with Crippen LogP contribution in [0.15, 0.2) is 0 Å². The van der Waals surface area contributed by atoms with Crippen molar-refractivity contribution in [2.45, 2.75) is 58.3 Å². The number of carbonyl (C=O) groups is 2. The van der Waals surface area contributed by atoms with E-state index in [1.807, 2.05) is 32.6 Å². The summed E-state index contributed by atoms with van der Waals surface area (Å²) < 4.78 is 11.0. The van der Waals surface area contributed by atoms with Crippen LogP contribution in [-0.2, 0) is 14.3 Å². The molecule has 0 unspecified atom stereocenters. The van der Waals surface area contributed by atoms with Crippen LogP contribution in [0.4, 0.5) is 4.79 Å². The van der Waals surface area contributed by atoms with Crippen molar-refractivity contribution in [1.82, 2.24) is 9.80 Å². The summed E-state index contributed by atoms with van der Waals surface area (Å²) in [7, 11) is 0. The second-order valence-corrected chi connectivity index (χ2v) is 7.95. The predicted octanol–water partition coefficient (Wildman–Crippen LogP) is 2.32. The Kier molecular flexibility index (Phi) is 6.19. The van der Waals surface area contributed by atoms with E-state index >= 15 is 0 Å². The Morgan fingerprint density at radius 2 is 1.87 bits per heavy atom. The van der Waals surface area contributed by atoms with Crippen LogP contribution in [0.2, 0.25) is 0 Å². The van der Waals surface area contributed by atoms with Gasteiger partial charge >= 0.3 is 6.09 Å². The van der Waals surface area contributed by atoms with Crippen LogP contribution in [0.3, 0.4) is 0 Å². The van der Waals surface area contributed by atoms with Crippen LogP contribution in [0.1, 0.15) is 40.5 Å². The van der Waals surface area contributed by atoms with E-state index in [2.05, 4.69) is 0 Å². The predicted molar refractivity (Wildman–Crippen MR) is 90.4 cm³/mol. The zero-order chi connectivity index (χ0) is 17.0. The van der Waals surface area contributed by atoms with Crippen molar-refractivity contribution in [2.24, 2.45) is 0 Å². The summed E-state index contributed by atoms with van der Waals surface area (Å²) in [6, 6.07) is -0.404. The summed E-state index contributed by atoms with van der Waals surface area (Å²) in [5.41, 5.74) is -0.548. The summed E-state index contributed by atoms with van der Waals surface area (Å²) in [5, 5.41) is 0. The number of nitrogens with zero attached hydrogens (tertiary/aromatic N) is 2. The van der Waals surface area contributed by atoms with Gasteiger partial charge in [-0.1, -0.05) is 0 Å². The molecule has 0 radical (unpaired) electrons. The van der Waals surface area contributed by atoms with Crippen molar-refractivity contribution >= 4 is 23.8 Å². The summed E-state index contributed by atoms with van der Waals surface area (Å²) in [6.45, 7) is 9.62. The maximum Gasteiger partial charge on any atom is 0.411 e. The number of thioether (sulfide) groups is 1. The fourth-order valence-electron chi connectivity index (χ4n) is 2.84. The second-order valence-electron chi connectivity index (χ2n) is 6.95. The number of amides is 2. The van der Waals surface area contributed by atoms with Gasteiger partial charge in [-0.2, -0.15) is 0 Å². The maximum absolute atomic E-state index is 12.8. The summed E-state index contributed by atoms with van der Waals surface area (Å²) in [4.78, 5) is 28.5. The van der Waals surface area contributed by atoms with Gasteiger partial charge in [0.1, 0.15) is 11.6 Å². The number of hydrogen-bond acceptors (Lipinski definition) is 5. The third-order valence-corrected chi connectivity index (χ3v) is 4.96. The average molecular weight is 344 g/mol. The molecule has 2 fully saturated rings. The fourth-order valence-corrected chi connectivity index (χ4v) is 3.97. The Hall–Kier alpha value is -0.950. The molecule has 0 aromatic rings. The van der Waals surface area contributed by atoms with Crippen LogP contribution in [0, 0.1) is 0 Å². The summed E-state index contributed by atoms with van der Waals surface area (Å²) in [6.07, 6.45) is 1.59. The first-order valence-corrected chi connectivity index (χ1v) is 9.45. The average Bonchev–Trinajstić information content (AvgIpc) is 2.95. The topological polar surface area (TPSA) is 59.1 Å². The number of hydrogen-bond donors (Lipinski definition) is 0. The lowest BCUT2D eigenvalue weighted by atomic mass is 10.1. The van der Waals surface area contributed by atoms with Crippen molar-refractivity contribution in [3.8, 4) is 0 Å². The molecule has 0 aliphatic carbocycles. The normalized spacial score (nSPS) is 23.2. The van der Waals surface area contributed by atoms with E-state index < -0.39 is 17.7 Å². The highest BCUT2D eigenvalue weighted by Gasteiger charge is 2.39. The number of likely N-dealkylation sites (tertiary alicyclic amines) is 1. The highest BCUT2D eigenvalue weighted by atomic mass is 32.2. The molecule has 1 atom stereocenters. The molecule has 0 N–H and O–H groups in total. The Morgan fingerprint density at radius 3 is 2.43 bits per heavy atom. The molecule has 132 valence electrons. The van der Waals surface area contributed by atoms with Gasteiger partial charge in [-0.05, 0) is 40.5 Å². The van der Waals surface area contributed by atoms with E-state index in [1.165, 1.54) is 0 Å². The molecule has 7 heteroatoms. The standard InChI is InChI=1S/C16H28N2O4S/c1-5-21-12-6-8-17(9-7-12)14(19)13-10-23-11-18(13)15(20)22-16(2,3)4/h12-13H,5-11H2,1-4H3/t13-/m0/s1. The second kappa shape index (κ2) is 7.75. The van der Waals surface area contributed by atoms with Gasteiger partial charge in [-0.15, -0.1) is 11.8 Å². The molecule has 2 aliphatic heterocycles. The highest BCUT2D eigenvalue weighted by Crippen LogP contribution is 2.26. The molecule has 0 bridgehead atoms. The van der Waals surface area contributed by atoms with Gasteiger partial charge in [-0.3, -0.25) is 9.69 Å². The fraction of sp³-hybridized carbons (Fsp3) is 0.875. The third-order valence-electron chi connectivity index (χ3n) is 3.95. The minimum Gasteiger partial charge on any atom is -0.444 e. The van der Waals surface area contributed by atoms with E-state index in [1.54, 1.807) is 16.7 Å². The zero-order valence-electron chi connectivity index (χ0n) is 14.5. The molecule has 0 aromatic heterocycles. The number of carbonyl (C=O) groups excluding carboxylic acids is 2. The maximum atomic E-state index is 12.8. The molecule has 0 spiro atoms.